The maximum Gasteiger partial charge on any atom is 0.550 e. The molecule has 122 valence electrons. The van der Waals surface area contributed by atoms with Gasteiger partial charge in [-0.25, -0.2) is 24.3 Å². The molecule has 0 aromatic heterocycles. The first-order valence-corrected chi connectivity index (χ1v) is 6.53. The number of carbonyl (C=O) groups is 2. The fourth-order valence-corrected chi connectivity index (χ4v) is 1.30. The minimum absolute atomic E-state index is 0.355. The highest BCUT2D eigenvalue weighted by molar-refractivity contribution is 5.81. The molecule has 0 aromatic rings. The van der Waals surface area contributed by atoms with Crippen molar-refractivity contribution in [2.24, 2.45) is 0 Å². The van der Waals surface area contributed by atoms with E-state index in [0.29, 0.717) is 6.42 Å². The van der Waals surface area contributed by atoms with E-state index in [1.54, 1.807) is 20.8 Å². The number of hydrogen-bond donors (Lipinski definition) is 0. The van der Waals surface area contributed by atoms with Gasteiger partial charge in [0.15, 0.2) is 0 Å². The molecule has 1 atom stereocenters. The Morgan fingerprint density at radius 3 is 2.14 bits per heavy atom. The van der Waals surface area contributed by atoms with Crippen LogP contribution in [-0.4, -0.2) is 29.4 Å². The summed E-state index contributed by atoms with van der Waals surface area (Å²) in [6.07, 6.45) is -0.436. The van der Waals surface area contributed by atoms with E-state index in [9.17, 15) is 9.59 Å². The van der Waals surface area contributed by atoms with Crippen LogP contribution >= 0.6 is 0 Å². The lowest BCUT2D eigenvalue weighted by atomic mass is 10.0. The molecule has 0 radical (unpaired) electrons. The number of ether oxygens (including phenoxy) is 1. The molecular formula is C14H24O7. The first-order valence-electron chi connectivity index (χ1n) is 6.53. The lowest BCUT2D eigenvalue weighted by molar-refractivity contribution is -0.400. The van der Waals surface area contributed by atoms with Crippen LogP contribution in [0.4, 0.5) is 4.79 Å². The molecule has 0 saturated heterocycles. The van der Waals surface area contributed by atoms with Gasteiger partial charge < -0.3 is 4.74 Å². The Labute approximate surface area is 125 Å². The summed E-state index contributed by atoms with van der Waals surface area (Å²) >= 11 is 0. The lowest BCUT2D eigenvalue weighted by Crippen LogP contribution is -2.34. The Balaban J connectivity index is 4.16. The standard InChI is InChI=1S/C14H24O7/c1-8-11(15)18-19-12(16)17-10(2)9-14(6,7)21-20-13(3,4)5/h8,10H,1,9H2,2-7H3. The van der Waals surface area contributed by atoms with Crippen molar-refractivity contribution in [2.75, 3.05) is 0 Å². The van der Waals surface area contributed by atoms with Gasteiger partial charge in [0, 0.05) is 12.5 Å². The Kier molecular flexibility index (Phi) is 7.38. The monoisotopic (exact) mass is 304 g/mol. The first kappa shape index (κ1) is 19.4. The first-order chi connectivity index (χ1) is 9.45. The van der Waals surface area contributed by atoms with E-state index in [4.69, 9.17) is 14.5 Å². The zero-order valence-electron chi connectivity index (χ0n) is 13.4. The van der Waals surface area contributed by atoms with E-state index in [1.165, 1.54) is 0 Å². The normalized spacial score (nSPS) is 13.2. The fourth-order valence-electron chi connectivity index (χ4n) is 1.30. The van der Waals surface area contributed by atoms with Gasteiger partial charge in [0.05, 0.1) is 5.60 Å². The van der Waals surface area contributed by atoms with Gasteiger partial charge in [0.1, 0.15) is 11.7 Å². The van der Waals surface area contributed by atoms with E-state index in [-0.39, 0.29) is 0 Å². The largest absolute Gasteiger partial charge is 0.550 e. The molecule has 0 rings (SSSR count). The van der Waals surface area contributed by atoms with Gasteiger partial charge in [-0.1, -0.05) is 6.58 Å². The zero-order chi connectivity index (χ0) is 16.7. The maximum atomic E-state index is 11.2. The molecule has 0 aliphatic carbocycles. The van der Waals surface area contributed by atoms with Crippen molar-refractivity contribution in [3.05, 3.63) is 12.7 Å². The van der Waals surface area contributed by atoms with Crippen molar-refractivity contribution in [1.82, 2.24) is 0 Å². The van der Waals surface area contributed by atoms with Crippen LogP contribution in [0.5, 0.6) is 0 Å². The van der Waals surface area contributed by atoms with Crippen LogP contribution in [-0.2, 0) is 29.1 Å². The predicted molar refractivity (Wildman–Crippen MR) is 73.9 cm³/mol. The molecule has 7 nitrogen and oxygen atoms in total. The molecule has 0 N–H and O–H groups in total. The average Bonchev–Trinajstić information content (AvgIpc) is 2.32. The fraction of sp³-hybridized carbons (Fsp3) is 0.714. The molecule has 0 aromatic carbocycles. The van der Waals surface area contributed by atoms with E-state index in [1.807, 2.05) is 20.8 Å². The molecule has 0 spiro atoms. The Hall–Kier alpha value is -1.60. The summed E-state index contributed by atoms with van der Waals surface area (Å²) in [7, 11) is 0. The highest BCUT2D eigenvalue weighted by Gasteiger charge is 2.28. The van der Waals surface area contributed by atoms with Crippen molar-refractivity contribution in [2.45, 2.75) is 65.3 Å². The number of hydrogen-bond acceptors (Lipinski definition) is 7. The third-order valence-corrected chi connectivity index (χ3v) is 1.95. The van der Waals surface area contributed by atoms with E-state index < -0.39 is 29.4 Å². The molecule has 0 amide bonds. The summed E-state index contributed by atoms with van der Waals surface area (Å²) < 4.78 is 4.90. The van der Waals surface area contributed by atoms with Crippen LogP contribution in [0.15, 0.2) is 12.7 Å². The molecule has 1 unspecified atom stereocenters. The SMILES string of the molecule is C=CC(=O)OOC(=O)OC(C)CC(C)(C)OOC(C)(C)C. The predicted octanol–water partition coefficient (Wildman–Crippen LogP) is 3.09. The third-order valence-electron chi connectivity index (χ3n) is 1.95. The average molecular weight is 304 g/mol. The molecule has 0 saturated carbocycles. The maximum absolute atomic E-state index is 11.2. The Morgan fingerprint density at radius 1 is 1.10 bits per heavy atom. The molecule has 0 aliphatic rings. The molecular weight excluding hydrogens is 280 g/mol. The summed E-state index contributed by atoms with van der Waals surface area (Å²) in [4.78, 5) is 40.8. The van der Waals surface area contributed by atoms with Gasteiger partial charge in [-0.05, 0) is 41.5 Å². The molecule has 0 heterocycles. The lowest BCUT2D eigenvalue weighted by Gasteiger charge is -2.30. The summed E-state index contributed by atoms with van der Waals surface area (Å²) in [5, 5.41) is 0. The second-order valence-electron chi connectivity index (χ2n) is 6.11. The number of carbonyl (C=O) groups excluding carboxylic acids is 2. The van der Waals surface area contributed by atoms with Crippen LogP contribution in [0.1, 0.15) is 48.0 Å². The molecule has 0 bridgehead atoms. The molecule has 7 heteroatoms. The van der Waals surface area contributed by atoms with Crippen molar-refractivity contribution >= 4 is 12.1 Å². The number of rotatable bonds is 6. The van der Waals surface area contributed by atoms with Crippen LogP contribution in [0.25, 0.3) is 0 Å². The smallest absolute Gasteiger partial charge is 0.429 e. The van der Waals surface area contributed by atoms with Crippen molar-refractivity contribution in [1.29, 1.82) is 0 Å². The molecule has 0 fully saturated rings. The van der Waals surface area contributed by atoms with E-state index in [0.717, 1.165) is 6.08 Å². The highest BCUT2D eigenvalue weighted by Crippen LogP contribution is 2.22. The molecule has 0 aliphatic heterocycles. The second kappa shape index (κ2) is 7.99. The summed E-state index contributed by atoms with van der Waals surface area (Å²) in [6.45, 7) is 14.0. The summed E-state index contributed by atoms with van der Waals surface area (Å²) in [5.74, 6) is -0.887. The molecule has 21 heavy (non-hydrogen) atoms. The van der Waals surface area contributed by atoms with Crippen LogP contribution in [0.3, 0.4) is 0 Å². The minimum Gasteiger partial charge on any atom is -0.429 e. The van der Waals surface area contributed by atoms with Crippen molar-refractivity contribution in [3.63, 3.8) is 0 Å². The quantitative estimate of drug-likeness (QED) is 0.323. The van der Waals surface area contributed by atoms with Crippen LogP contribution < -0.4 is 0 Å². The third kappa shape index (κ3) is 10.8. The van der Waals surface area contributed by atoms with Gasteiger partial charge in [-0.15, -0.1) is 0 Å². The van der Waals surface area contributed by atoms with E-state index >= 15 is 0 Å². The van der Waals surface area contributed by atoms with Crippen molar-refractivity contribution < 1.29 is 33.9 Å². The highest BCUT2D eigenvalue weighted by atomic mass is 17.2. The van der Waals surface area contributed by atoms with Gasteiger partial charge in [0.2, 0.25) is 0 Å². The zero-order valence-corrected chi connectivity index (χ0v) is 13.4. The van der Waals surface area contributed by atoms with Crippen LogP contribution in [0.2, 0.25) is 0 Å². The minimum atomic E-state index is -1.12. The Morgan fingerprint density at radius 2 is 1.67 bits per heavy atom. The van der Waals surface area contributed by atoms with Crippen LogP contribution in [0, 0.1) is 0 Å². The van der Waals surface area contributed by atoms with Crippen molar-refractivity contribution in [3.8, 4) is 0 Å². The summed E-state index contributed by atoms with van der Waals surface area (Å²) in [6, 6.07) is 0. The second-order valence-corrected chi connectivity index (χ2v) is 6.11. The van der Waals surface area contributed by atoms with Gasteiger partial charge in [-0.2, -0.15) is 4.79 Å². The Bertz CT molecular complexity index is 368. The van der Waals surface area contributed by atoms with E-state index in [2.05, 4.69) is 16.4 Å². The van der Waals surface area contributed by atoms with Gasteiger partial charge in [-0.3, -0.25) is 0 Å². The summed E-state index contributed by atoms with van der Waals surface area (Å²) in [5.41, 5.74) is -1.12. The topological polar surface area (TPSA) is 80.3 Å². The van der Waals surface area contributed by atoms with Gasteiger partial charge >= 0.3 is 12.1 Å². The van der Waals surface area contributed by atoms with Gasteiger partial charge in [0.25, 0.3) is 0 Å².